The molecule has 0 aromatic carbocycles. The minimum absolute atomic E-state index is 0.407. The summed E-state index contributed by atoms with van der Waals surface area (Å²) in [6.45, 7) is 8.10. The van der Waals surface area contributed by atoms with Gasteiger partial charge in [-0.05, 0) is 27.2 Å². The molecular formula is C19H38O4. The first-order valence-corrected chi connectivity index (χ1v) is 9.48. The summed E-state index contributed by atoms with van der Waals surface area (Å²) in [7, 11) is 0. The highest BCUT2D eigenvalue weighted by molar-refractivity contribution is 5.58. The van der Waals surface area contributed by atoms with Crippen LogP contribution in [-0.4, -0.2) is 18.4 Å². The van der Waals surface area contributed by atoms with Crippen LogP contribution in [0.25, 0.3) is 0 Å². The lowest BCUT2D eigenvalue weighted by molar-refractivity contribution is -0.312. The van der Waals surface area contributed by atoms with Crippen LogP contribution in [0.15, 0.2) is 0 Å². The van der Waals surface area contributed by atoms with Crippen LogP contribution in [0.1, 0.15) is 105 Å². The van der Waals surface area contributed by atoms with Crippen molar-refractivity contribution in [1.82, 2.24) is 0 Å². The highest BCUT2D eigenvalue weighted by Gasteiger charge is 2.15. The monoisotopic (exact) mass is 330 g/mol. The summed E-state index contributed by atoms with van der Waals surface area (Å²) in [5.41, 5.74) is -0.505. The lowest BCUT2D eigenvalue weighted by Gasteiger charge is -2.16. The molecule has 0 aromatic heterocycles. The van der Waals surface area contributed by atoms with E-state index >= 15 is 0 Å². The fraction of sp³-hybridized carbons (Fsp3) is 0.947. The van der Waals surface area contributed by atoms with Gasteiger partial charge >= 0.3 is 6.16 Å². The van der Waals surface area contributed by atoms with Crippen molar-refractivity contribution < 1.29 is 19.3 Å². The Balaban J connectivity index is 3.17. The van der Waals surface area contributed by atoms with Crippen LogP contribution >= 0.6 is 0 Å². The normalized spacial score (nSPS) is 11.5. The van der Waals surface area contributed by atoms with Crippen LogP contribution in [0.3, 0.4) is 0 Å². The first kappa shape index (κ1) is 22.2. The maximum Gasteiger partial charge on any atom is 0.540 e. The van der Waals surface area contributed by atoms with Gasteiger partial charge in [0.05, 0.1) is 6.61 Å². The van der Waals surface area contributed by atoms with E-state index in [4.69, 9.17) is 9.62 Å². The van der Waals surface area contributed by atoms with Crippen LogP contribution in [0.5, 0.6) is 0 Å². The van der Waals surface area contributed by atoms with E-state index in [1.165, 1.54) is 64.2 Å². The molecule has 0 aliphatic rings. The number of rotatable bonds is 14. The first-order chi connectivity index (χ1) is 11.0. The Morgan fingerprint density at radius 2 is 1.17 bits per heavy atom. The molecule has 0 N–H and O–H groups in total. The summed E-state index contributed by atoms with van der Waals surface area (Å²) >= 11 is 0. The van der Waals surface area contributed by atoms with Gasteiger partial charge in [-0.15, -0.1) is 0 Å². The Bertz CT molecular complexity index is 271. The van der Waals surface area contributed by atoms with Gasteiger partial charge in [0.25, 0.3) is 0 Å². The molecule has 0 saturated carbocycles. The average Bonchev–Trinajstić information content (AvgIpc) is 2.49. The van der Waals surface area contributed by atoms with Crippen LogP contribution in [0.2, 0.25) is 0 Å². The third-order valence-corrected chi connectivity index (χ3v) is 3.58. The largest absolute Gasteiger partial charge is 0.540 e. The minimum Gasteiger partial charge on any atom is -0.432 e. The van der Waals surface area contributed by atoms with Crippen molar-refractivity contribution in [2.45, 2.75) is 110 Å². The molecule has 23 heavy (non-hydrogen) atoms. The Morgan fingerprint density at radius 1 is 0.739 bits per heavy atom. The summed E-state index contributed by atoms with van der Waals surface area (Å²) < 4.78 is 4.94. The van der Waals surface area contributed by atoms with Gasteiger partial charge in [-0.1, -0.05) is 77.6 Å². The van der Waals surface area contributed by atoms with Gasteiger partial charge in [0, 0.05) is 0 Å². The quantitative estimate of drug-likeness (QED) is 0.156. The molecule has 0 aliphatic heterocycles. The third-order valence-electron chi connectivity index (χ3n) is 3.58. The van der Waals surface area contributed by atoms with Crippen molar-refractivity contribution >= 4 is 6.16 Å². The number of hydrogen-bond acceptors (Lipinski definition) is 4. The molecule has 4 heteroatoms. The third kappa shape index (κ3) is 19.2. The van der Waals surface area contributed by atoms with Crippen molar-refractivity contribution in [2.24, 2.45) is 0 Å². The summed E-state index contributed by atoms with van der Waals surface area (Å²) in [6.07, 6.45) is 14.7. The molecule has 0 spiro atoms. The predicted molar refractivity (Wildman–Crippen MR) is 94.3 cm³/mol. The van der Waals surface area contributed by atoms with Crippen molar-refractivity contribution in [3.63, 3.8) is 0 Å². The smallest absolute Gasteiger partial charge is 0.432 e. The summed E-state index contributed by atoms with van der Waals surface area (Å²) in [4.78, 5) is 20.7. The summed E-state index contributed by atoms with van der Waals surface area (Å²) in [5, 5.41) is 0. The lowest BCUT2D eigenvalue weighted by Crippen LogP contribution is -2.22. The van der Waals surface area contributed by atoms with Gasteiger partial charge in [-0.3, -0.25) is 4.89 Å². The number of hydrogen-bond donors (Lipinski definition) is 0. The molecule has 0 aliphatic carbocycles. The fourth-order valence-corrected chi connectivity index (χ4v) is 2.28. The zero-order chi connectivity index (χ0) is 17.4. The van der Waals surface area contributed by atoms with Gasteiger partial charge in [0.1, 0.15) is 5.60 Å². The zero-order valence-corrected chi connectivity index (χ0v) is 15.8. The van der Waals surface area contributed by atoms with Gasteiger partial charge in [0.15, 0.2) is 0 Å². The molecule has 0 unspecified atom stereocenters. The highest BCUT2D eigenvalue weighted by atomic mass is 17.2. The maximum absolute atomic E-state index is 11.2. The number of carbonyl (C=O) groups is 1. The molecule has 0 heterocycles. The lowest BCUT2D eigenvalue weighted by atomic mass is 10.1. The SMILES string of the molecule is CCCCCCCCCCCCCCOC(=O)OOC(C)(C)C. The van der Waals surface area contributed by atoms with Gasteiger partial charge < -0.3 is 4.74 Å². The number of unbranched alkanes of at least 4 members (excludes halogenated alkanes) is 11. The van der Waals surface area contributed by atoms with Crippen molar-refractivity contribution in [1.29, 1.82) is 0 Å². The standard InChI is InChI=1S/C19H38O4/c1-5-6-7-8-9-10-11-12-13-14-15-16-17-21-18(20)22-23-19(2,3)4/h5-17H2,1-4H3. The topological polar surface area (TPSA) is 44.8 Å². The second-order valence-electron chi connectivity index (χ2n) is 7.27. The number of carbonyl (C=O) groups excluding carboxylic acids is 1. The second-order valence-corrected chi connectivity index (χ2v) is 7.27. The molecule has 0 aromatic rings. The molecule has 0 fully saturated rings. The first-order valence-electron chi connectivity index (χ1n) is 9.48. The van der Waals surface area contributed by atoms with E-state index in [-0.39, 0.29) is 0 Å². The molecule has 0 saturated heterocycles. The van der Waals surface area contributed by atoms with Crippen molar-refractivity contribution in [2.75, 3.05) is 6.61 Å². The molecule has 0 amide bonds. The van der Waals surface area contributed by atoms with Crippen LogP contribution in [0, 0.1) is 0 Å². The maximum atomic E-state index is 11.2. The fourth-order valence-electron chi connectivity index (χ4n) is 2.28. The Labute approximate surface area is 143 Å². The molecule has 0 bridgehead atoms. The second kappa shape index (κ2) is 14.8. The summed E-state index contributed by atoms with van der Waals surface area (Å²) in [6, 6.07) is 0. The highest BCUT2D eigenvalue weighted by Crippen LogP contribution is 2.12. The van der Waals surface area contributed by atoms with Gasteiger partial charge in [0.2, 0.25) is 0 Å². The zero-order valence-electron chi connectivity index (χ0n) is 15.8. The van der Waals surface area contributed by atoms with E-state index in [2.05, 4.69) is 11.8 Å². The summed E-state index contributed by atoms with van der Waals surface area (Å²) in [5.74, 6) is 0. The van der Waals surface area contributed by atoms with E-state index in [9.17, 15) is 4.79 Å². The van der Waals surface area contributed by atoms with Gasteiger partial charge in [-0.25, -0.2) is 4.79 Å². The van der Waals surface area contributed by atoms with Crippen LogP contribution in [-0.2, 0) is 14.5 Å². The Kier molecular flexibility index (Phi) is 14.3. The average molecular weight is 331 g/mol. The molecular weight excluding hydrogens is 292 g/mol. The van der Waals surface area contributed by atoms with E-state index in [1.54, 1.807) is 0 Å². The van der Waals surface area contributed by atoms with Crippen molar-refractivity contribution in [3.05, 3.63) is 0 Å². The molecule has 4 nitrogen and oxygen atoms in total. The van der Waals surface area contributed by atoms with Crippen LogP contribution < -0.4 is 0 Å². The van der Waals surface area contributed by atoms with E-state index < -0.39 is 11.8 Å². The van der Waals surface area contributed by atoms with E-state index in [0.29, 0.717) is 6.61 Å². The Hall–Kier alpha value is -0.770. The molecule has 138 valence electrons. The minimum atomic E-state index is -0.747. The molecule has 0 atom stereocenters. The Morgan fingerprint density at radius 3 is 1.61 bits per heavy atom. The predicted octanol–water partition coefficient (Wildman–Crippen LogP) is 6.57. The van der Waals surface area contributed by atoms with E-state index in [0.717, 1.165) is 12.8 Å². The molecule has 0 radical (unpaired) electrons. The van der Waals surface area contributed by atoms with E-state index in [1.807, 2.05) is 20.8 Å². The van der Waals surface area contributed by atoms with Crippen molar-refractivity contribution in [3.8, 4) is 0 Å². The van der Waals surface area contributed by atoms with Crippen LogP contribution in [0.4, 0.5) is 4.79 Å². The van der Waals surface area contributed by atoms with Gasteiger partial charge in [-0.2, -0.15) is 4.89 Å². The molecule has 0 rings (SSSR count). The number of ether oxygens (including phenoxy) is 1.